The Balaban J connectivity index is 2.45. The molecule has 3 amide bonds. The Hall–Kier alpha value is -2.71. The molecule has 0 saturated carbocycles. The molecule has 0 aromatic heterocycles. The fraction of sp³-hybridized carbons (Fsp3) is 0.500. The van der Waals surface area contributed by atoms with Gasteiger partial charge in [0.05, 0.1) is 10.7 Å². The van der Waals surface area contributed by atoms with Gasteiger partial charge >= 0.3 is 6.09 Å². The largest absolute Gasteiger partial charge is 0.444 e. The molecule has 0 fully saturated rings. The number of anilines is 1. The summed E-state index contributed by atoms with van der Waals surface area (Å²) in [7, 11) is 0. The van der Waals surface area contributed by atoms with Crippen molar-refractivity contribution in [3.8, 4) is 0 Å². The van der Waals surface area contributed by atoms with Crippen molar-refractivity contribution in [1.29, 1.82) is 0 Å². The van der Waals surface area contributed by atoms with Gasteiger partial charge in [-0.2, -0.15) is 12.6 Å². The second kappa shape index (κ2) is 15.8. The summed E-state index contributed by atoms with van der Waals surface area (Å²) in [6.45, 7) is 9.58. The zero-order valence-electron chi connectivity index (χ0n) is 23.6. The molecule has 0 radical (unpaired) electrons. The van der Waals surface area contributed by atoms with Crippen LogP contribution in [0.1, 0.15) is 77.0 Å². The molecular weight excluding hydrogens is 534 g/mol. The van der Waals surface area contributed by atoms with E-state index in [0.717, 1.165) is 31.2 Å². The number of benzene rings is 2. The number of alkyl carbamates (subject to hydrolysis) is 1. The lowest BCUT2D eigenvalue weighted by Gasteiger charge is -2.34. The van der Waals surface area contributed by atoms with E-state index < -0.39 is 35.6 Å². The molecule has 214 valence electrons. The molecule has 2 aromatic carbocycles. The Labute approximate surface area is 243 Å². The maximum Gasteiger partial charge on any atom is 0.408 e. The van der Waals surface area contributed by atoms with E-state index in [2.05, 4.69) is 30.2 Å². The molecule has 0 aliphatic rings. The second-order valence-corrected chi connectivity index (χ2v) is 11.3. The quantitative estimate of drug-likeness (QED) is 0.178. The van der Waals surface area contributed by atoms with Crippen LogP contribution in [0.3, 0.4) is 0 Å². The first-order chi connectivity index (χ1) is 18.5. The lowest BCUT2D eigenvalue weighted by atomic mass is 10.0. The van der Waals surface area contributed by atoms with Crippen molar-refractivity contribution < 1.29 is 19.1 Å². The lowest BCUT2D eigenvalue weighted by Crippen LogP contribution is -2.53. The van der Waals surface area contributed by atoms with E-state index in [1.165, 1.54) is 0 Å². The van der Waals surface area contributed by atoms with Crippen LogP contribution in [0.25, 0.3) is 0 Å². The number of halogens is 1. The van der Waals surface area contributed by atoms with Crippen LogP contribution < -0.4 is 10.6 Å². The van der Waals surface area contributed by atoms with Crippen molar-refractivity contribution >= 4 is 47.8 Å². The van der Waals surface area contributed by atoms with Crippen LogP contribution in [0.2, 0.25) is 5.02 Å². The number of hydrogen-bond acceptors (Lipinski definition) is 5. The molecule has 0 spiro atoms. The van der Waals surface area contributed by atoms with Gasteiger partial charge in [0.25, 0.3) is 5.91 Å². The highest BCUT2D eigenvalue weighted by Crippen LogP contribution is 2.29. The number of carbonyl (C=O) groups is 3. The first-order valence-corrected chi connectivity index (χ1v) is 14.5. The number of unbranched alkanes of at least 4 members (excludes halogenated alkanes) is 4. The van der Waals surface area contributed by atoms with Crippen LogP contribution in [0, 0.1) is 6.92 Å². The predicted molar refractivity (Wildman–Crippen MR) is 161 cm³/mol. The molecule has 0 aliphatic carbocycles. The van der Waals surface area contributed by atoms with Gasteiger partial charge < -0.3 is 20.3 Å². The number of ether oxygens (including phenoxy) is 1. The van der Waals surface area contributed by atoms with E-state index in [1.807, 2.05) is 49.4 Å². The third-order valence-electron chi connectivity index (χ3n) is 6.10. The van der Waals surface area contributed by atoms with Crippen molar-refractivity contribution in [2.45, 2.75) is 84.4 Å². The van der Waals surface area contributed by atoms with Gasteiger partial charge in [0, 0.05) is 12.3 Å². The average molecular weight is 576 g/mol. The molecule has 2 atom stereocenters. The van der Waals surface area contributed by atoms with Gasteiger partial charge in [-0.3, -0.25) is 9.59 Å². The Bertz CT molecular complexity index is 1070. The highest BCUT2D eigenvalue weighted by molar-refractivity contribution is 7.80. The minimum Gasteiger partial charge on any atom is -0.444 e. The summed E-state index contributed by atoms with van der Waals surface area (Å²) in [6, 6.07) is 12.6. The van der Waals surface area contributed by atoms with Crippen LogP contribution in [-0.4, -0.2) is 46.7 Å². The first kappa shape index (κ1) is 32.5. The molecule has 2 aromatic rings. The SMILES string of the molecule is CCCCCCCN(C(=O)C(CS)NC(=O)OC(C)(C)C)C(C(=O)Nc1c(C)cccc1Cl)c1ccccc1. The van der Waals surface area contributed by atoms with Crippen LogP contribution in [0.15, 0.2) is 48.5 Å². The number of para-hydroxylation sites is 1. The molecule has 2 unspecified atom stereocenters. The number of hydrogen-bond donors (Lipinski definition) is 3. The van der Waals surface area contributed by atoms with Gasteiger partial charge in [-0.05, 0) is 51.3 Å². The average Bonchev–Trinajstić information content (AvgIpc) is 2.87. The van der Waals surface area contributed by atoms with E-state index in [0.29, 0.717) is 29.2 Å². The van der Waals surface area contributed by atoms with Gasteiger partial charge in [-0.25, -0.2) is 4.79 Å². The number of amides is 3. The number of aryl methyl sites for hydroxylation is 1. The van der Waals surface area contributed by atoms with E-state index in [4.69, 9.17) is 16.3 Å². The molecule has 7 nitrogen and oxygen atoms in total. The van der Waals surface area contributed by atoms with E-state index in [9.17, 15) is 14.4 Å². The van der Waals surface area contributed by atoms with Crippen molar-refractivity contribution in [3.05, 3.63) is 64.7 Å². The Kier molecular flexibility index (Phi) is 13.1. The molecular formula is C30H42ClN3O4S. The number of carbonyl (C=O) groups excluding carboxylic acids is 3. The molecule has 39 heavy (non-hydrogen) atoms. The van der Waals surface area contributed by atoms with E-state index in [1.54, 1.807) is 31.7 Å². The molecule has 0 bridgehead atoms. The fourth-order valence-corrected chi connectivity index (χ4v) is 4.69. The number of nitrogens with zero attached hydrogens (tertiary/aromatic N) is 1. The third-order valence-corrected chi connectivity index (χ3v) is 6.78. The topological polar surface area (TPSA) is 87.7 Å². The monoisotopic (exact) mass is 575 g/mol. The fourth-order valence-electron chi connectivity index (χ4n) is 4.18. The Morgan fingerprint density at radius 2 is 1.67 bits per heavy atom. The van der Waals surface area contributed by atoms with Crippen molar-refractivity contribution in [2.24, 2.45) is 0 Å². The molecule has 0 saturated heterocycles. The normalized spacial score (nSPS) is 12.8. The predicted octanol–water partition coefficient (Wildman–Crippen LogP) is 6.95. The number of nitrogens with one attached hydrogen (secondary N) is 2. The van der Waals surface area contributed by atoms with Gasteiger partial charge in [0.15, 0.2) is 0 Å². The van der Waals surface area contributed by atoms with E-state index in [-0.39, 0.29) is 5.75 Å². The summed E-state index contributed by atoms with van der Waals surface area (Å²) >= 11 is 10.8. The smallest absolute Gasteiger partial charge is 0.408 e. The summed E-state index contributed by atoms with van der Waals surface area (Å²) < 4.78 is 5.37. The van der Waals surface area contributed by atoms with Crippen LogP contribution in [-0.2, 0) is 14.3 Å². The molecule has 0 heterocycles. The molecule has 2 N–H and O–H groups in total. The zero-order chi connectivity index (χ0) is 29.0. The second-order valence-electron chi connectivity index (χ2n) is 10.6. The molecule has 9 heteroatoms. The number of rotatable bonds is 13. The van der Waals surface area contributed by atoms with Crippen molar-refractivity contribution in [1.82, 2.24) is 10.2 Å². The Morgan fingerprint density at radius 3 is 2.26 bits per heavy atom. The summed E-state index contributed by atoms with van der Waals surface area (Å²) in [5.74, 6) is -0.766. The van der Waals surface area contributed by atoms with Crippen LogP contribution >= 0.6 is 24.2 Å². The van der Waals surface area contributed by atoms with Gasteiger partial charge in [-0.1, -0.05) is 86.7 Å². The summed E-state index contributed by atoms with van der Waals surface area (Å²) in [6.07, 6.45) is 4.13. The van der Waals surface area contributed by atoms with Gasteiger partial charge in [0.2, 0.25) is 5.91 Å². The minimum atomic E-state index is -0.986. The van der Waals surface area contributed by atoms with E-state index >= 15 is 0 Å². The number of thiol groups is 1. The molecule has 0 aliphatic heterocycles. The third kappa shape index (κ3) is 10.4. The van der Waals surface area contributed by atoms with Crippen molar-refractivity contribution in [2.75, 3.05) is 17.6 Å². The maximum atomic E-state index is 14.0. The standard InChI is InChI=1S/C30H42ClN3O4S/c1-6-7-8-9-13-19-34(28(36)24(20-39)32-29(37)38-30(3,4)5)26(22-16-11-10-12-17-22)27(35)33-25-21(2)15-14-18-23(25)31/h10-12,14-18,24,26,39H,6-9,13,19-20H2,1-5H3,(H,32,37)(H,33,35). The minimum absolute atomic E-state index is 0.0389. The van der Waals surface area contributed by atoms with Gasteiger partial charge in [-0.15, -0.1) is 0 Å². The van der Waals surface area contributed by atoms with Crippen molar-refractivity contribution in [3.63, 3.8) is 0 Å². The Morgan fingerprint density at radius 1 is 1.00 bits per heavy atom. The zero-order valence-corrected chi connectivity index (χ0v) is 25.3. The van der Waals surface area contributed by atoms with Gasteiger partial charge in [0.1, 0.15) is 17.7 Å². The summed E-state index contributed by atoms with van der Waals surface area (Å²) in [5, 5.41) is 6.01. The highest BCUT2D eigenvalue weighted by Gasteiger charge is 2.36. The first-order valence-electron chi connectivity index (χ1n) is 13.5. The summed E-state index contributed by atoms with van der Waals surface area (Å²) in [4.78, 5) is 42.0. The van der Waals surface area contributed by atoms with Crippen LogP contribution in [0.4, 0.5) is 10.5 Å². The maximum absolute atomic E-state index is 14.0. The summed E-state index contributed by atoms with van der Waals surface area (Å²) in [5.41, 5.74) is 1.22. The highest BCUT2D eigenvalue weighted by atomic mass is 35.5. The van der Waals surface area contributed by atoms with Crippen LogP contribution in [0.5, 0.6) is 0 Å². The lowest BCUT2D eigenvalue weighted by molar-refractivity contribution is -0.140. The molecule has 2 rings (SSSR count).